The number of methoxy groups -OCH3 is 1. The van der Waals surface area contributed by atoms with Crippen molar-refractivity contribution in [2.45, 2.75) is 19.8 Å². The number of amides is 1. The summed E-state index contributed by atoms with van der Waals surface area (Å²) in [7, 11) is 1.64. The molecule has 0 aliphatic carbocycles. The Morgan fingerprint density at radius 2 is 1.76 bits per heavy atom. The number of aryl methyl sites for hydroxylation is 1. The van der Waals surface area contributed by atoms with E-state index in [0.717, 1.165) is 33.0 Å². The zero-order valence-corrected chi connectivity index (χ0v) is 16.5. The van der Waals surface area contributed by atoms with Gasteiger partial charge in [0.1, 0.15) is 11.3 Å². The Morgan fingerprint density at radius 1 is 1.00 bits per heavy atom. The maximum Gasteiger partial charge on any atom is 0.336 e. The summed E-state index contributed by atoms with van der Waals surface area (Å²) in [6, 6.07) is 18.6. The lowest BCUT2D eigenvalue weighted by atomic mass is 9.97. The average molecular weight is 387 g/mol. The summed E-state index contributed by atoms with van der Waals surface area (Å²) < 4.78 is 10.5. The lowest BCUT2D eigenvalue weighted by molar-refractivity contribution is -0.117. The van der Waals surface area contributed by atoms with E-state index in [1.807, 2.05) is 62.4 Å². The first-order valence-electron chi connectivity index (χ1n) is 9.38. The van der Waals surface area contributed by atoms with Crippen LogP contribution in [-0.4, -0.2) is 13.0 Å². The molecule has 0 radical (unpaired) electrons. The minimum Gasteiger partial charge on any atom is -0.497 e. The highest BCUT2D eigenvalue weighted by atomic mass is 16.5. The number of anilines is 1. The van der Waals surface area contributed by atoms with Gasteiger partial charge < -0.3 is 14.5 Å². The van der Waals surface area contributed by atoms with Crippen LogP contribution in [0.25, 0.3) is 21.7 Å². The van der Waals surface area contributed by atoms with Gasteiger partial charge in [0, 0.05) is 23.2 Å². The minimum atomic E-state index is -0.403. The molecule has 1 aromatic heterocycles. The molecule has 0 saturated heterocycles. The van der Waals surface area contributed by atoms with Crippen LogP contribution in [0.5, 0.6) is 5.75 Å². The molecule has 0 aliphatic heterocycles. The van der Waals surface area contributed by atoms with Gasteiger partial charge in [-0.25, -0.2) is 4.79 Å². The Kier molecular flexibility index (Phi) is 4.80. The Bertz CT molecular complexity index is 1290. The van der Waals surface area contributed by atoms with Gasteiger partial charge in [-0.3, -0.25) is 4.79 Å². The molecule has 146 valence electrons. The molecule has 3 aromatic carbocycles. The van der Waals surface area contributed by atoms with E-state index in [9.17, 15) is 9.59 Å². The second kappa shape index (κ2) is 7.43. The van der Waals surface area contributed by atoms with Crippen LogP contribution in [0.2, 0.25) is 0 Å². The number of rotatable bonds is 4. The lowest BCUT2D eigenvalue weighted by Gasteiger charge is -2.14. The van der Waals surface area contributed by atoms with Gasteiger partial charge in [-0.1, -0.05) is 24.3 Å². The highest BCUT2D eigenvalue weighted by molar-refractivity contribution is 5.98. The first-order chi connectivity index (χ1) is 13.9. The Hall–Kier alpha value is -3.60. The van der Waals surface area contributed by atoms with Crippen molar-refractivity contribution in [1.29, 1.82) is 0 Å². The van der Waals surface area contributed by atoms with Gasteiger partial charge in [0.2, 0.25) is 5.91 Å². The zero-order chi connectivity index (χ0) is 20.5. The lowest BCUT2D eigenvalue weighted by Crippen LogP contribution is -2.18. The van der Waals surface area contributed by atoms with Gasteiger partial charge in [0.05, 0.1) is 13.0 Å². The molecule has 1 atom stereocenters. The molecule has 4 rings (SSSR count). The topological polar surface area (TPSA) is 68.5 Å². The van der Waals surface area contributed by atoms with E-state index >= 15 is 0 Å². The number of hydrogen-bond acceptors (Lipinski definition) is 4. The first-order valence-corrected chi connectivity index (χ1v) is 9.38. The summed E-state index contributed by atoms with van der Waals surface area (Å²) in [5.41, 5.74) is 2.41. The number of hydrogen-bond donors (Lipinski definition) is 1. The molecule has 1 amide bonds. The van der Waals surface area contributed by atoms with Gasteiger partial charge in [-0.05, 0) is 60.0 Å². The summed E-state index contributed by atoms with van der Waals surface area (Å²) in [6.07, 6.45) is 0. The largest absolute Gasteiger partial charge is 0.497 e. The summed E-state index contributed by atoms with van der Waals surface area (Å²) in [6.45, 7) is 3.72. The summed E-state index contributed by atoms with van der Waals surface area (Å²) in [4.78, 5) is 24.4. The molecular weight excluding hydrogens is 366 g/mol. The van der Waals surface area contributed by atoms with Crippen molar-refractivity contribution in [2.24, 2.45) is 0 Å². The fourth-order valence-corrected chi connectivity index (χ4v) is 3.44. The van der Waals surface area contributed by atoms with Crippen LogP contribution >= 0.6 is 0 Å². The van der Waals surface area contributed by atoms with Crippen LogP contribution in [0.1, 0.15) is 24.0 Å². The molecule has 5 heteroatoms. The van der Waals surface area contributed by atoms with E-state index in [0.29, 0.717) is 11.3 Å². The standard InChI is InChI=1S/C24H21NO4/c1-14-10-23(26)29-22-13-19(7-9-21(14)22)25-24(27)15(2)16-4-5-18-12-20(28-3)8-6-17(18)11-16/h4-13,15H,1-3H3,(H,25,27)/t15-/m0/s1. The van der Waals surface area contributed by atoms with Crippen molar-refractivity contribution >= 4 is 33.3 Å². The third-order valence-corrected chi connectivity index (χ3v) is 5.18. The molecule has 0 spiro atoms. The Balaban J connectivity index is 1.58. The highest BCUT2D eigenvalue weighted by Gasteiger charge is 2.16. The maximum atomic E-state index is 12.8. The van der Waals surface area contributed by atoms with Gasteiger partial charge in [-0.15, -0.1) is 0 Å². The molecule has 4 aromatic rings. The van der Waals surface area contributed by atoms with E-state index in [1.165, 1.54) is 6.07 Å². The fraction of sp³-hybridized carbons (Fsp3) is 0.167. The number of nitrogens with one attached hydrogen (secondary N) is 1. The van der Waals surface area contributed by atoms with Gasteiger partial charge in [-0.2, -0.15) is 0 Å². The smallest absolute Gasteiger partial charge is 0.336 e. The van der Waals surface area contributed by atoms with Crippen LogP contribution in [-0.2, 0) is 4.79 Å². The Morgan fingerprint density at radius 3 is 2.55 bits per heavy atom. The number of carbonyl (C=O) groups is 1. The second-order valence-electron chi connectivity index (χ2n) is 7.14. The van der Waals surface area contributed by atoms with Crippen LogP contribution in [0.15, 0.2) is 69.9 Å². The molecule has 1 N–H and O–H groups in total. The number of benzene rings is 3. The van der Waals surface area contributed by atoms with Crippen molar-refractivity contribution in [2.75, 3.05) is 12.4 Å². The SMILES string of the molecule is COc1ccc2cc([C@H](C)C(=O)Nc3ccc4c(C)cc(=O)oc4c3)ccc2c1. The van der Waals surface area contributed by atoms with Gasteiger partial charge >= 0.3 is 5.63 Å². The number of fused-ring (bicyclic) bond motifs is 2. The van der Waals surface area contributed by atoms with Crippen molar-refractivity contribution < 1.29 is 13.9 Å². The van der Waals surface area contributed by atoms with Crippen molar-refractivity contribution in [1.82, 2.24) is 0 Å². The van der Waals surface area contributed by atoms with E-state index in [2.05, 4.69) is 5.32 Å². The van der Waals surface area contributed by atoms with Crippen LogP contribution in [0.3, 0.4) is 0 Å². The third kappa shape index (κ3) is 3.72. The quantitative estimate of drug-likeness (QED) is 0.500. The molecule has 0 saturated carbocycles. The first kappa shape index (κ1) is 18.7. The maximum absolute atomic E-state index is 12.8. The van der Waals surface area contributed by atoms with E-state index < -0.39 is 5.63 Å². The van der Waals surface area contributed by atoms with E-state index in [4.69, 9.17) is 9.15 Å². The fourth-order valence-electron chi connectivity index (χ4n) is 3.44. The molecule has 0 aliphatic rings. The van der Waals surface area contributed by atoms with E-state index in [1.54, 1.807) is 13.2 Å². The highest BCUT2D eigenvalue weighted by Crippen LogP contribution is 2.27. The summed E-state index contributed by atoms with van der Waals surface area (Å²) in [5.74, 6) is 0.322. The molecule has 0 bridgehead atoms. The van der Waals surface area contributed by atoms with Gasteiger partial charge in [0.15, 0.2) is 0 Å². The van der Waals surface area contributed by atoms with Crippen LogP contribution < -0.4 is 15.7 Å². The summed E-state index contributed by atoms with van der Waals surface area (Å²) >= 11 is 0. The molecule has 29 heavy (non-hydrogen) atoms. The molecule has 0 unspecified atom stereocenters. The number of carbonyl (C=O) groups excluding carboxylic acids is 1. The van der Waals surface area contributed by atoms with Crippen molar-refractivity contribution in [3.63, 3.8) is 0 Å². The molecule has 5 nitrogen and oxygen atoms in total. The second-order valence-corrected chi connectivity index (χ2v) is 7.14. The predicted molar refractivity (Wildman–Crippen MR) is 115 cm³/mol. The average Bonchev–Trinajstić information content (AvgIpc) is 2.71. The van der Waals surface area contributed by atoms with Crippen LogP contribution in [0.4, 0.5) is 5.69 Å². The zero-order valence-electron chi connectivity index (χ0n) is 16.5. The van der Waals surface area contributed by atoms with Crippen molar-refractivity contribution in [3.05, 3.63) is 82.2 Å². The predicted octanol–water partition coefficient (Wildman–Crippen LogP) is 5.01. The van der Waals surface area contributed by atoms with Gasteiger partial charge in [0.25, 0.3) is 0 Å². The van der Waals surface area contributed by atoms with Crippen molar-refractivity contribution in [3.8, 4) is 5.75 Å². The normalized spacial score (nSPS) is 12.1. The van der Waals surface area contributed by atoms with Crippen LogP contribution in [0, 0.1) is 6.92 Å². The van der Waals surface area contributed by atoms with E-state index in [-0.39, 0.29) is 11.8 Å². The molecule has 1 heterocycles. The third-order valence-electron chi connectivity index (χ3n) is 5.18. The molecular formula is C24H21NO4. The monoisotopic (exact) mass is 387 g/mol. The Labute approximate surface area is 167 Å². The minimum absolute atomic E-state index is 0.132. The number of ether oxygens (including phenoxy) is 1. The molecule has 0 fully saturated rings. The summed E-state index contributed by atoms with van der Waals surface area (Å²) in [5, 5.41) is 5.87.